The number of rotatable bonds is 5. The summed E-state index contributed by atoms with van der Waals surface area (Å²) >= 11 is 0. The van der Waals surface area contributed by atoms with Gasteiger partial charge in [0.25, 0.3) is 0 Å². The van der Waals surface area contributed by atoms with Gasteiger partial charge in [-0.25, -0.2) is 0 Å². The van der Waals surface area contributed by atoms with Crippen molar-refractivity contribution in [1.82, 2.24) is 10.6 Å². The molecule has 2 atom stereocenters. The highest BCUT2D eigenvalue weighted by atomic mass is 16.4. The second kappa shape index (κ2) is 5.27. The van der Waals surface area contributed by atoms with E-state index in [-0.39, 0.29) is 24.8 Å². The Kier molecular flexibility index (Phi) is 4.26. The number of nitrogens with one attached hydrogen (secondary N) is 2. The van der Waals surface area contributed by atoms with Crippen molar-refractivity contribution < 1.29 is 19.8 Å². The molecule has 1 amide bonds. The van der Waals surface area contributed by atoms with Crippen LogP contribution >= 0.6 is 0 Å². The second-order valence-corrected chi connectivity index (χ2v) is 4.47. The Morgan fingerprint density at radius 1 is 1.56 bits per heavy atom. The summed E-state index contributed by atoms with van der Waals surface area (Å²) < 4.78 is 0. The fourth-order valence-corrected chi connectivity index (χ4v) is 1.69. The molecule has 0 aromatic rings. The molecule has 1 aliphatic heterocycles. The molecule has 0 saturated carbocycles. The number of aliphatic carboxylic acids is 1. The van der Waals surface area contributed by atoms with Crippen LogP contribution in [-0.2, 0) is 9.59 Å². The summed E-state index contributed by atoms with van der Waals surface area (Å²) in [6, 6.07) is 0. The third-order valence-electron chi connectivity index (χ3n) is 2.61. The lowest BCUT2D eigenvalue weighted by atomic mass is 10.0. The Morgan fingerprint density at radius 3 is 2.75 bits per heavy atom. The number of carboxylic acids is 1. The van der Waals surface area contributed by atoms with Gasteiger partial charge in [0.05, 0.1) is 17.9 Å². The molecule has 1 heterocycles. The molecule has 1 saturated heterocycles. The number of hydrogen-bond donors (Lipinski definition) is 4. The first kappa shape index (κ1) is 12.9. The van der Waals surface area contributed by atoms with Crippen LogP contribution in [0, 0.1) is 5.92 Å². The summed E-state index contributed by atoms with van der Waals surface area (Å²) in [4.78, 5) is 22.0. The highest BCUT2D eigenvalue weighted by Crippen LogP contribution is 2.10. The van der Waals surface area contributed by atoms with Crippen LogP contribution in [0.2, 0.25) is 0 Å². The SMILES string of the molecule is CC(O)(CNC(=O)C1CCNC1)CC(=O)O. The Morgan fingerprint density at radius 2 is 2.25 bits per heavy atom. The van der Waals surface area contributed by atoms with Gasteiger partial charge in [-0.15, -0.1) is 0 Å². The van der Waals surface area contributed by atoms with E-state index in [1.165, 1.54) is 6.92 Å². The van der Waals surface area contributed by atoms with Crippen LogP contribution < -0.4 is 10.6 Å². The van der Waals surface area contributed by atoms with E-state index in [9.17, 15) is 14.7 Å². The zero-order chi connectivity index (χ0) is 12.2. The van der Waals surface area contributed by atoms with Crippen LogP contribution in [0.1, 0.15) is 19.8 Å². The highest BCUT2D eigenvalue weighted by Gasteiger charge is 2.27. The predicted molar refractivity (Wildman–Crippen MR) is 56.9 cm³/mol. The molecule has 0 aromatic heterocycles. The van der Waals surface area contributed by atoms with Gasteiger partial charge in [0.15, 0.2) is 0 Å². The molecule has 1 rings (SSSR count). The smallest absolute Gasteiger partial charge is 0.306 e. The van der Waals surface area contributed by atoms with Crippen molar-refractivity contribution >= 4 is 11.9 Å². The van der Waals surface area contributed by atoms with Crippen molar-refractivity contribution in [3.8, 4) is 0 Å². The van der Waals surface area contributed by atoms with E-state index in [4.69, 9.17) is 5.11 Å². The first-order valence-electron chi connectivity index (χ1n) is 5.33. The fourth-order valence-electron chi connectivity index (χ4n) is 1.69. The molecule has 6 heteroatoms. The maximum absolute atomic E-state index is 11.6. The van der Waals surface area contributed by atoms with Crippen molar-refractivity contribution in [3.05, 3.63) is 0 Å². The van der Waals surface area contributed by atoms with Crippen molar-refractivity contribution in [1.29, 1.82) is 0 Å². The maximum atomic E-state index is 11.6. The van der Waals surface area contributed by atoms with Crippen molar-refractivity contribution in [2.24, 2.45) is 5.92 Å². The van der Waals surface area contributed by atoms with Crippen LogP contribution in [0.25, 0.3) is 0 Å². The minimum absolute atomic E-state index is 0.0331. The Bertz CT molecular complexity index is 272. The summed E-state index contributed by atoms with van der Waals surface area (Å²) in [5, 5.41) is 23.9. The topological polar surface area (TPSA) is 98.7 Å². The van der Waals surface area contributed by atoms with Crippen LogP contribution in [0.3, 0.4) is 0 Å². The van der Waals surface area contributed by atoms with E-state index in [2.05, 4.69) is 10.6 Å². The number of aliphatic hydroxyl groups is 1. The maximum Gasteiger partial charge on any atom is 0.306 e. The van der Waals surface area contributed by atoms with Gasteiger partial charge in [-0.05, 0) is 19.9 Å². The lowest BCUT2D eigenvalue weighted by Crippen LogP contribution is -2.44. The predicted octanol–water partition coefficient (Wildman–Crippen LogP) is -1.06. The molecular weight excluding hydrogens is 212 g/mol. The molecule has 0 bridgehead atoms. The zero-order valence-electron chi connectivity index (χ0n) is 9.32. The third kappa shape index (κ3) is 4.16. The first-order valence-corrected chi connectivity index (χ1v) is 5.33. The van der Waals surface area contributed by atoms with Crippen LogP contribution in [0.4, 0.5) is 0 Å². The normalized spacial score (nSPS) is 23.8. The quantitative estimate of drug-likeness (QED) is 0.482. The Labute approximate surface area is 94.0 Å². The van der Waals surface area contributed by atoms with Gasteiger partial charge in [0, 0.05) is 13.1 Å². The number of hydrogen-bond acceptors (Lipinski definition) is 4. The summed E-state index contributed by atoms with van der Waals surface area (Å²) in [6.07, 6.45) is 0.406. The molecule has 92 valence electrons. The summed E-state index contributed by atoms with van der Waals surface area (Å²) in [5.74, 6) is -1.28. The minimum atomic E-state index is -1.40. The van der Waals surface area contributed by atoms with E-state index in [0.29, 0.717) is 6.54 Å². The molecule has 0 aliphatic carbocycles. The van der Waals surface area contributed by atoms with E-state index >= 15 is 0 Å². The largest absolute Gasteiger partial charge is 0.481 e. The molecule has 4 N–H and O–H groups in total. The molecule has 0 aromatic carbocycles. The van der Waals surface area contributed by atoms with Gasteiger partial charge in [-0.3, -0.25) is 9.59 Å². The second-order valence-electron chi connectivity index (χ2n) is 4.47. The molecule has 0 spiro atoms. The van der Waals surface area contributed by atoms with E-state index in [0.717, 1.165) is 13.0 Å². The van der Waals surface area contributed by atoms with Gasteiger partial charge in [-0.2, -0.15) is 0 Å². The molecule has 1 fully saturated rings. The number of carboxylic acid groups (broad SMARTS) is 1. The number of carbonyl (C=O) groups excluding carboxylic acids is 1. The monoisotopic (exact) mass is 230 g/mol. The molecule has 2 unspecified atom stereocenters. The van der Waals surface area contributed by atoms with Gasteiger partial charge < -0.3 is 20.8 Å². The zero-order valence-corrected chi connectivity index (χ0v) is 9.32. The van der Waals surface area contributed by atoms with Gasteiger partial charge in [0.1, 0.15) is 0 Å². The third-order valence-corrected chi connectivity index (χ3v) is 2.61. The Hall–Kier alpha value is -1.14. The molecule has 16 heavy (non-hydrogen) atoms. The number of carbonyl (C=O) groups is 2. The standard InChI is InChI=1S/C10H18N2O4/c1-10(16,4-8(13)14)6-12-9(15)7-2-3-11-5-7/h7,11,16H,2-6H2,1H3,(H,12,15)(H,13,14). The van der Waals surface area contributed by atoms with Gasteiger partial charge >= 0.3 is 5.97 Å². The molecule has 6 nitrogen and oxygen atoms in total. The molecule has 0 radical (unpaired) electrons. The minimum Gasteiger partial charge on any atom is -0.481 e. The van der Waals surface area contributed by atoms with E-state index in [1.54, 1.807) is 0 Å². The van der Waals surface area contributed by atoms with E-state index < -0.39 is 11.6 Å². The van der Waals surface area contributed by atoms with Crippen molar-refractivity contribution in [3.63, 3.8) is 0 Å². The van der Waals surface area contributed by atoms with Gasteiger partial charge in [-0.1, -0.05) is 0 Å². The number of amides is 1. The highest BCUT2D eigenvalue weighted by molar-refractivity contribution is 5.79. The first-order chi connectivity index (χ1) is 7.41. The molecular formula is C10H18N2O4. The average Bonchev–Trinajstić information content (AvgIpc) is 2.64. The van der Waals surface area contributed by atoms with Crippen molar-refractivity contribution in [2.75, 3.05) is 19.6 Å². The molecule has 1 aliphatic rings. The van der Waals surface area contributed by atoms with E-state index in [1.807, 2.05) is 0 Å². The Balaban J connectivity index is 2.32. The van der Waals surface area contributed by atoms with Crippen LogP contribution in [0.15, 0.2) is 0 Å². The van der Waals surface area contributed by atoms with Crippen LogP contribution in [0.5, 0.6) is 0 Å². The lowest BCUT2D eigenvalue weighted by Gasteiger charge is -2.22. The van der Waals surface area contributed by atoms with Crippen molar-refractivity contribution in [2.45, 2.75) is 25.4 Å². The average molecular weight is 230 g/mol. The fraction of sp³-hybridized carbons (Fsp3) is 0.800. The summed E-state index contributed by atoms with van der Waals surface area (Å²) in [5.41, 5.74) is -1.40. The lowest BCUT2D eigenvalue weighted by molar-refractivity contribution is -0.142. The summed E-state index contributed by atoms with van der Waals surface area (Å²) in [7, 11) is 0. The van der Waals surface area contributed by atoms with Crippen LogP contribution in [-0.4, -0.2) is 47.3 Å². The summed E-state index contributed by atoms with van der Waals surface area (Å²) in [6.45, 7) is 2.83. The van der Waals surface area contributed by atoms with Gasteiger partial charge in [0.2, 0.25) is 5.91 Å².